The normalized spacial score (nSPS) is 18.4. The molecule has 0 aliphatic carbocycles. The van der Waals surface area contributed by atoms with E-state index in [1.54, 1.807) is 0 Å². The molecule has 0 spiro atoms. The molecule has 1 fully saturated rings. The van der Waals surface area contributed by atoms with Crippen molar-refractivity contribution in [3.63, 3.8) is 0 Å². The Morgan fingerprint density at radius 3 is 2.53 bits per heavy atom. The molecule has 1 heterocycles. The number of amides is 2. The van der Waals surface area contributed by atoms with Crippen molar-refractivity contribution in [1.82, 2.24) is 10.6 Å². The van der Waals surface area contributed by atoms with Crippen LogP contribution in [0.25, 0.3) is 0 Å². The number of hydrogen-bond acceptors (Lipinski definition) is 4. The molecule has 0 aromatic rings. The summed E-state index contributed by atoms with van der Waals surface area (Å²) in [5.41, 5.74) is 4.09. The first-order valence-corrected chi connectivity index (χ1v) is 5.68. The summed E-state index contributed by atoms with van der Waals surface area (Å²) in [5, 5.41) is 14.3. The lowest BCUT2D eigenvalue weighted by Crippen LogP contribution is -2.59. The van der Waals surface area contributed by atoms with E-state index >= 15 is 0 Å². The Kier molecular flexibility index (Phi) is 5.17. The van der Waals surface area contributed by atoms with Gasteiger partial charge in [0.05, 0.1) is 0 Å². The van der Waals surface area contributed by atoms with Gasteiger partial charge in [-0.15, -0.1) is 0 Å². The number of carbonyl (C=O) groups is 2. The van der Waals surface area contributed by atoms with Crippen molar-refractivity contribution < 1.29 is 19.4 Å². The molecule has 2 amide bonds. The molecule has 0 aromatic carbocycles. The fraction of sp³-hybridized carbons (Fsp3) is 0.800. The molecule has 17 heavy (non-hydrogen) atoms. The first kappa shape index (κ1) is 13.7. The molecule has 5 N–H and O–H groups in total. The summed E-state index contributed by atoms with van der Waals surface area (Å²) in [5.74, 6) is -1.02. The third-order valence-electron chi connectivity index (χ3n) is 2.78. The van der Waals surface area contributed by atoms with E-state index in [1.807, 2.05) is 0 Å². The van der Waals surface area contributed by atoms with E-state index in [-0.39, 0.29) is 12.8 Å². The van der Waals surface area contributed by atoms with Gasteiger partial charge in [0, 0.05) is 32.6 Å². The lowest BCUT2D eigenvalue weighted by Gasteiger charge is -2.33. The highest BCUT2D eigenvalue weighted by Crippen LogP contribution is 2.20. The van der Waals surface area contributed by atoms with Gasteiger partial charge in [-0.2, -0.15) is 0 Å². The molecule has 7 nitrogen and oxygen atoms in total. The molecule has 0 aromatic heterocycles. The lowest BCUT2D eigenvalue weighted by atomic mass is 9.90. The van der Waals surface area contributed by atoms with Crippen LogP contribution in [-0.2, 0) is 9.53 Å². The number of carboxylic acid groups (broad SMARTS) is 1. The summed E-state index contributed by atoms with van der Waals surface area (Å²) in [6.45, 7) is 1.61. The van der Waals surface area contributed by atoms with Crippen LogP contribution in [-0.4, -0.2) is 48.9 Å². The summed E-state index contributed by atoms with van der Waals surface area (Å²) in [7, 11) is 0. The molecule has 0 atom stereocenters. The van der Waals surface area contributed by atoms with Crippen LogP contribution in [0.3, 0.4) is 0 Å². The summed E-state index contributed by atoms with van der Waals surface area (Å²) in [6.07, 6.45) is 1.23. The van der Waals surface area contributed by atoms with Gasteiger partial charge in [-0.1, -0.05) is 0 Å². The van der Waals surface area contributed by atoms with Crippen LogP contribution in [0.15, 0.2) is 0 Å². The Balaban J connectivity index is 2.48. The maximum Gasteiger partial charge on any atom is 0.329 e. The monoisotopic (exact) mass is 245 g/mol. The van der Waals surface area contributed by atoms with Gasteiger partial charge in [-0.3, -0.25) is 0 Å². The van der Waals surface area contributed by atoms with Gasteiger partial charge in [0.25, 0.3) is 0 Å². The van der Waals surface area contributed by atoms with Crippen molar-refractivity contribution in [2.24, 2.45) is 5.73 Å². The average Bonchev–Trinajstić information content (AvgIpc) is 2.30. The zero-order valence-electron chi connectivity index (χ0n) is 9.70. The van der Waals surface area contributed by atoms with Crippen LogP contribution in [0.2, 0.25) is 0 Å². The van der Waals surface area contributed by atoms with E-state index in [9.17, 15) is 14.7 Å². The van der Waals surface area contributed by atoms with Crippen LogP contribution >= 0.6 is 0 Å². The number of carboxylic acids is 1. The van der Waals surface area contributed by atoms with Gasteiger partial charge in [-0.25, -0.2) is 9.59 Å². The Morgan fingerprint density at radius 2 is 2.00 bits per heavy atom. The molecule has 1 rings (SSSR count). The fourth-order valence-corrected chi connectivity index (χ4v) is 1.68. The minimum Gasteiger partial charge on any atom is -0.480 e. The predicted octanol–water partition coefficient (Wildman–Crippen LogP) is -0.732. The van der Waals surface area contributed by atoms with E-state index in [0.717, 1.165) is 0 Å². The number of nitrogens with two attached hydrogens (primary N) is 1. The van der Waals surface area contributed by atoms with Crippen molar-refractivity contribution in [2.45, 2.75) is 24.8 Å². The van der Waals surface area contributed by atoms with Crippen molar-refractivity contribution in [2.75, 3.05) is 26.3 Å². The minimum atomic E-state index is -1.20. The largest absolute Gasteiger partial charge is 0.480 e. The van der Waals surface area contributed by atoms with Gasteiger partial charge in [-0.05, 0) is 13.0 Å². The molecule has 98 valence electrons. The third kappa shape index (κ3) is 3.86. The van der Waals surface area contributed by atoms with Crippen molar-refractivity contribution in [1.29, 1.82) is 0 Å². The predicted molar refractivity (Wildman–Crippen MR) is 60.6 cm³/mol. The van der Waals surface area contributed by atoms with Crippen LogP contribution in [0.5, 0.6) is 0 Å². The SMILES string of the molecule is NCCCNC(=O)NC1(C(=O)O)CCOCC1. The second-order valence-corrected chi connectivity index (χ2v) is 4.02. The van der Waals surface area contributed by atoms with Gasteiger partial charge in [0.15, 0.2) is 0 Å². The van der Waals surface area contributed by atoms with Crippen LogP contribution < -0.4 is 16.4 Å². The zero-order chi connectivity index (χ0) is 12.7. The standard InChI is InChI=1S/C10H19N3O4/c11-4-1-5-12-9(16)13-10(8(14)15)2-6-17-7-3-10/h1-7,11H2,(H,14,15)(H2,12,13,16). The molecule has 0 radical (unpaired) electrons. The number of rotatable bonds is 5. The molecule has 0 saturated carbocycles. The van der Waals surface area contributed by atoms with Crippen LogP contribution in [0.4, 0.5) is 4.79 Å². The number of hydrogen-bond donors (Lipinski definition) is 4. The van der Waals surface area contributed by atoms with E-state index in [0.29, 0.717) is 32.7 Å². The number of urea groups is 1. The highest BCUT2D eigenvalue weighted by Gasteiger charge is 2.41. The minimum absolute atomic E-state index is 0.284. The Labute approximate surface area is 99.7 Å². The fourth-order valence-electron chi connectivity index (χ4n) is 1.68. The first-order chi connectivity index (χ1) is 8.10. The highest BCUT2D eigenvalue weighted by atomic mass is 16.5. The summed E-state index contributed by atoms with van der Waals surface area (Å²) < 4.78 is 5.10. The zero-order valence-corrected chi connectivity index (χ0v) is 9.70. The number of carbonyl (C=O) groups excluding carboxylic acids is 1. The van der Waals surface area contributed by atoms with E-state index in [4.69, 9.17) is 10.5 Å². The topological polar surface area (TPSA) is 114 Å². The molecular weight excluding hydrogens is 226 g/mol. The molecule has 1 aliphatic heterocycles. The molecule has 1 saturated heterocycles. The second kappa shape index (κ2) is 6.41. The molecule has 7 heteroatoms. The molecule has 0 unspecified atom stereocenters. The maximum atomic E-state index is 11.5. The van der Waals surface area contributed by atoms with E-state index in [2.05, 4.69) is 10.6 Å². The number of nitrogens with one attached hydrogen (secondary N) is 2. The first-order valence-electron chi connectivity index (χ1n) is 5.68. The smallest absolute Gasteiger partial charge is 0.329 e. The number of aliphatic carboxylic acids is 1. The van der Waals surface area contributed by atoms with Crippen LogP contribution in [0.1, 0.15) is 19.3 Å². The van der Waals surface area contributed by atoms with Gasteiger partial charge >= 0.3 is 12.0 Å². The maximum absolute atomic E-state index is 11.5. The summed E-state index contributed by atoms with van der Waals surface area (Å²) in [4.78, 5) is 22.8. The third-order valence-corrected chi connectivity index (χ3v) is 2.78. The molecule has 0 bridgehead atoms. The Bertz CT molecular complexity index is 277. The summed E-state index contributed by atoms with van der Waals surface area (Å²) in [6, 6.07) is -0.470. The van der Waals surface area contributed by atoms with Gasteiger partial charge in [0.1, 0.15) is 5.54 Å². The van der Waals surface area contributed by atoms with E-state index in [1.165, 1.54) is 0 Å². The highest BCUT2D eigenvalue weighted by molar-refractivity contribution is 5.86. The summed E-state index contributed by atoms with van der Waals surface area (Å²) >= 11 is 0. The van der Waals surface area contributed by atoms with Crippen molar-refractivity contribution in [3.05, 3.63) is 0 Å². The van der Waals surface area contributed by atoms with Crippen molar-refractivity contribution in [3.8, 4) is 0 Å². The quantitative estimate of drug-likeness (QED) is 0.477. The molecular formula is C10H19N3O4. The van der Waals surface area contributed by atoms with Crippen molar-refractivity contribution >= 4 is 12.0 Å². The lowest BCUT2D eigenvalue weighted by molar-refractivity contribution is -0.148. The van der Waals surface area contributed by atoms with Gasteiger partial charge < -0.3 is 26.2 Å². The second-order valence-electron chi connectivity index (χ2n) is 4.02. The Morgan fingerprint density at radius 1 is 1.35 bits per heavy atom. The van der Waals surface area contributed by atoms with Gasteiger partial charge in [0.2, 0.25) is 0 Å². The van der Waals surface area contributed by atoms with E-state index < -0.39 is 17.5 Å². The number of ether oxygens (including phenoxy) is 1. The average molecular weight is 245 g/mol. The molecule has 1 aliphatic rings. The Hall–Kier alpha value is -1.34. The van der Waals surface area contributed by atoms with Crippen LogP contribution in [0, 0.1) is 0 Å².